The summed E-state index contributed by atoms with van der Waals surface area (Å²) in [5, 5.41) is 4.67. The van der Waals surface area contributed by atoms with Crippen LogP contribution in [0.4, 0.5) is 0 Å². The van der Waals surface area contributed by atoms with Gasteiger partial charge < -0.3 is 5.32 Å². The average molecular weight is 362 g/mol. The first-order valence-electron chi connectivity index (χ1n) is 7.95. The summed E-state index contributed by atoms with van der Waals surface area (Å²) in [4.78, 5) is 34.4. The SMILES string of the molecule is O=C(NC(c1ccccc1)c1ccccn1)c1cnc2sccn2c1=O. The number of carbonyl (C=O) groups excluding carboxylic acids is 1. The lowest BCUT2D eigenvalue weighted by Crippen LogP contribution is -2.34. The number of aromatic nitrogens is 3. The highest BCUT2D eigenvalue weighted by Crippen LogP contribution is 2.20. The van der Waals surface area contributed by atoms with Gasteiger partial charge in [-0.1, -0.05) is 36.4 Å². The van der Waals surface area contributed by atoms with Gasteiger partial charge in [0.1, 0.15) is 5.56 Å². The lowest BCUT2D eigenvalue weighted by atomic mass is 10.0. The van der Waals surface area contributed by atoms with Crippen molar-refractivity contribution in [2.24, 2.45) is 0 Å². The number of hydrogen-bond donors (Lipinski definition) is 1. The molecule has 0 aliphatic carbocycles. The molecular weight excluding hydrogens is 348 g/mol. The van der Waals surface area contributed by atoms with Crippen LogP contribution in [0.15, 0.2) is 77.3 Å². The van der Waals surface area contributed by atoms with E-state index in [1.807, 2.05) is 48.5 Å². The third kappa shape index (κ3) is 3.00. The smallest absolute Gasteiger partial charge is 0.271 e. The summed E-state index contributed by atoms with van der Waals surface area (Å²) in [6.45, 7) is 0. The fraction of sp³-hybridized carbons (Fsp3) is 0.0526. The number of nitrogens with one attached hydrogen (secondary N) is 1. The van der Waals surface area contributed by atoms with Crippen LogP contribution >= 0.6 is 11.3 Å². The van der Waals surface area contributed by atoms with E-state index in [1.54, 1.807) is 17.8 Å². The predicted molar refractivity (Wildman–Crippen MR) is 99.3 cm³/mol. The van der Waals surface area contributed by atoms with Crippen LogP contribution in [0.3, 0.4) is 0 Å². The second-order valence-corrected chi connectivity index (χ2v) is 6.48. The summed E-state index contributed by atoms with van der Waals surface area (Å²) in [6.07, 6.45) is 4.61. The second kappa shape index (κ2) is 6.89. The maximum atomic E-state index is 12.8. The number of rotatable bonds is 4. The van der Waals surface area contributed by atoms with Crippen LogP contribution in [0.5, 0.6) is 0 Å². The Kier molecular flexibility index (Phi) is 4.28. The highest BCUT2D eigenvalue weighted by molar-refractivity contribution is 7.15. The number of nitrogens with zero attached hydrogens (tertiary/aromatic N) is 3. The summed E-state index contributed by atoms with van der Waals surface area (Å²) >= 11 is 1.34. The Bertz CT molecular complexity index is 1070. The van der Waals surface area contributed by atoms with Crippen LogP contribution in [0.2, 0.25) is 0 Å². The van der Waals surface area contributed by atoms with Crippen molar-refractivity contribution in [3.05, 3.63) is 99.7 Å². The molecule has 0 fully saturated rings. The van der Waals surface area contributed by atoms with Gasteiger partial charge in [-0.05, 0) is 17.7 Å². The van der Waals surface area contributed by atoms with Gasteiger partial charge in [0, 0.05) is 24.0 Å². The zero-order valence-corrected chi connectivity index (χ0v) is 14.4. The first kappa shape index (κ1) is 16.2. The van der Waals surface area contributed by atoms with Crippen molar-refractivity contribution in [2.75, 3.05) is 0 Å². The van der Waals surface area contributed by atoms with Gasteiger partial charge in [-0.2, -0.15) is 0 Å². The molecule has 0 aliphatic rings. The van der Waals surface area contributed by atoms with Gasteiger partial charge in [-0.3, -0.25) is 19.0 Å². The topological polar surface area (TPSA) is 76.4 Å². The molecule has 1 atom stereocenters. The molecule has 3 aromatic heterocycles. The van der Waals surface area contributed by atoms with Gasteiger partial charge in [0.25, 0.3) is 11.5 Å². The molecule has 1 aromatic carbocycles. The van der Waals surface area contributed by atoms with E-state index in [0.29, 0.717) is 10.7 Å². The van der Waals surface area contributed by atoms with E-state index >= 15 is 0 Å². The molecule has 128 valence electrons. The van der Waals surface area contributed by atoms with E-state index in [0.717, 1.165) is 5.56 Å². The lowest BCUT2D eigenvalue weighted by Gasteiger charge is -2.18. The van der Waals surface area contributed by atoms with Crippen molar-refractivity contribution in [3.8, 4) is 0 Å². The Morgan fingerprint density at radius 3 is 2.65 bits per heavy atom. The molecule has 7 heteroatoms. The molecule has 3 heterocycles. The standard InChI is InChI=1S/C19H14N4O2S/c24-17(14-12-21-19-23(18(14)25)10-11-26-19)22-16(13-6-2-1-3-7-13)15-8-4-5-9-20-15/h1-12,16H,(H,22,24). The number of carbonyl (C=O) groups is 1. The first-order valence-corrected chi connectivity index (χ1v) is 8.83. The summed E-state index contributed by atoms with van der Waals surface area (Å²) in [5.74, 6) is -0.484. The number of benzene rings is 1. The first-order chi connectivity index (χ1) is 12.7. The number of thiazole rings is 1. The van der Waals surface area contributed by atoms with Gasteiger partial charge in [-0.25, -0.2) is 4.98 Å². The molecule has 1 unspecified atom stereocenters. The average Bonchev–Trinajstić information content (AvgIpc) is 3.17. The van der Waals surface area contributed by atoms with Crippen molar-refractivity contribution >= 4 is 22.2 Å². The minimum Gasteiger partial charge on any atom is -0.339 e. The van der Waals surface area contributed by atoms with Crippen molar-refractivity contribution in [1.82, 2.24) is 19.7 Å². The van der Waals surface area contributed by atoms with Gasteiger partial charge in [0.05, 0.1) is 11.7 Å². The maximum absolute atomic E-state index is 12.8. The van der Waals surface area contributed by atoms with Crippen LogP contribution in [0, 0.1) is 0 Å². The quantitative estimate of drug-likeness (QED) is 0.606. The third-order valence-corrected chi connectivity index (χ3v) is 4.75. The molecule has 0 radical (unpaired) electrons. The zero-order valence-electron chi connectivity index (χ0n) is 13.6. The van der Waals surface area contributed by atoms with Crippen molar-refractivity contribution < 1.29 is 4.79 Å². The molecule has 0 bridgehead atoms. The molecule has 0 saturated carbocycles. The highest BCUT2D eigenvalue weighted by atomic mass is 32.1. The zero-order chi connectivity index (χ0) is 17.9. The number of fused-ring (bicyclic) bond motifs is 1. The Balaban J connectivity index is 1.72. The summed E-state index contributed by atoms with van der Waals surface area (Å²) in [7, 11) is 0. The largest absolute Gasteiger partial charge is 0.339 e. The Hall–Kier alpha value is -3.32. The molecule has 1 amide bonds. The summed E-state index contributed by atoms with van der Waals surface area (Å²) in [5.41, 5.74) is 1.18. The van der Waals surface area contributed by atoms with Crippen LogP contribution in [0.1, 0.15) is 27.7 Å². The molecular formula is C19H14N4O2S. The van der Waals surface area contributed by atoms with Crippen LogP contribution in [0.25, 0.3) is 4.96 Å². The summed E-state index contributed by atoms with van der Waals surface area (Å²) in [6, 6.07) is 14.6. The fourth-order valence-corrected chi connectivity index (χ4v) is 3.38. The van der Waals surface area contributed by atoms with Gasteiger partial charge in [-0.15, -0.1) is 11.3 Å². The molecule has 1 N–H and O–H groups in total. The molecule has 6 nitrogen and oxygen atoms in total. The van der Waals surface area contributed by atoms with E-state index in [4.69, 9.17) is 0 Å². The Morgan fingerprint density at radius 1 is 1.08 bits per heavy atom. The summed E-state index contributed by atoms with van der Waals surface area (Å²) < 4.78 is 1.37. The predicted octanol–water partition coefficient (Wildman–Crippen LogP) is 2.67. The lowest BCUT2D eigenvalue weighted by molar-refractivity contribution is 0.0940. The van der Waals surface area contributed by atoms with Crippen LogP contribution in [-0.4, -0.2) is 20.3 Å². The number of hydrogen-bond acceptors (Lipinski definition) is 5. The minimum atomic E-state index is -0.484. The van der Waals surface area contributed by atoms with Gasteiger partial charge >= 0.3 is 0 Å². The number of amides is 1. The molecule has 26 heavy (non-hydrogen) atoms. The molecule has 0 aliphatic heterocycles. The van der Waals surface area contributed by atoms with E-state index < -0.39 is 11.9 Å². The second-order valence-electron chi connectivity index (χ2n) is 5.60. The fourth-order valence-electron chi connectivity index (χ4n) is 2.71. The van der Waals surface area contributed by atoms with Crippen molar-refractivity contribution in [3.63, 3.8) is 0 Å². The molecule has 0 saturated heterocycles. The maximum Gasteiger partial charge on any atom is 0.271 e. The van der Waals surface area contributed by atoms with Crippen LogP contribution < -0.4 is 10.9 Å². The van der Waals surface area contributed by atoms with Gasteiger partial charge in [0.15, 0.2) is 4.96 Å². The van der Waals surface area contributed by atoms with Crippen LogP contribution in [-0.2, 0) is 0 Å². The van der Waals surface area contributed by atoms with Gasteiger partial charge in [0.2, 0.25) is 0 Å². The van der Waals surface area contributed by atoms with E-state index in [-0.39, 0.29) is 11.1 Å². The van der Waals surface area contributed by atoms with E-state index in [9.17, 15) is 9.59 Å². The minimum absolute atomic E-state index is 0.00207. The van der Waals surface area contributed by atoms with E-state index in [2.05, 4.69) is 15.3 Å². The third-order valence-electron chi connectivity index (χ3n) is 3.98. The molecule has 4 aromatic rings. The normalized spacial score (nSPS) is 12.0. The van der Waals surface area contributed by atoms with Crippen molar-refractivity contribution in [1.29, 1.82) is 0 Å². The number of pyridine rings is 1. The molecule has 4 rings (SSSR count). The highest BCUT2D eigenvalue weighted by Gasteiger charge is 2.21. The Morgan fingerprint density at radius 2 is 1.88 bits per heavy atom. The monoisotopic (exact) mass is 362 g/mol. The Labute approximate surface area is 152 Å². The van der Waals surface area contributed by atoms with Crippen molar-refractivity contribution in [2.45, 2.75) is 6.04 Å². The van der Waals surface area contributed by atoms with E-state index in [1.165, 1.54) is 21.9 Å². The molecule has 0 spiro atoms.